The maximum atomic E-state index is 12.9. The third kappa shape index (κ3) is 6.32. The second-order valence-corrected chi connectivity index (χ2v) is 14.2. The van der Waals surface area contributed by atoms with Gasteiger partial charge in [0.2, 0.25) is 16.0 Å². The molecule has 2 fully saturated rings. The highest BCUT2D eigenvalue weighted by Crippen LogP contribution is 2.36. The van der Waals surface area contributed by atoms with E-state index in [1.807, 2.05) is 39.0 Å². The minimum absolute atomic E-state index is 0.219. The van der Waals surface area contributed by atoms with Crippen LogP contribution < -0.4 is 10.0 Å². The molecule has 2 aromatic heterocycles. The molecule has 3 heterocycles. The summed E-state index contributed by atoms with van der Waals surface area (Å²) in [6, 6.07) is 20.3. The highest BCUT2D eigenvalue weighted by atomic mass is 32.2. The molecule has 2 aromatic carbocycles. The van der Waals surface area contributed by atoms with Crippen LogP contribution in [0.4, 0.5) is 11.6 Å². The number of aromatic nitrogens is 3. The molecule has 0 atom stereocenters. The Balaban J connectivity index is 1.16. The van der Waals surface area contributed by atoms with Crippen molar-refractivity contribution in [2.75, 3.05) is 18.4 Å². The molecule has 41 heavy (non-hydrogen) atoms. The van der Waals surface area contributed by atoms with E-state index in [1.165, 1.54) is 57.2 Å². The van der Waals surface area contributed by atoms with Crippen molar-refractivity contribution in [1.82, 2.24) is 24.2 Å². The molecule has 4 aromatic rings. The number of hydrogen-bond donors (Lipinski definition) is 2. The van der Waals surface area contributed by atoms with Crippen molar-refractivity contribution in [2.45, 2.75) is 81.7 Å². The lowest BCUT2D eigenvalue weighted by atomic mass is 9.81. The lowest BCUT2D eigenvalue weighted by molar-refractivity contribution is 0.182. The van der Waals surface area contributed by atoms with Gasteiger partial charge in [0.05, 0.1) is 22.3 Å². The predicted octanol–water partition coefficient (Wildman–Crippen LogP) is 6.34. The zero-order valence-corrected chi connectivity index (χ0v) is 25.0. The van der Waals surface area contributed by atoms with Gasteiger partial charge in [-0.15, -0.1) is 5.10 Å². The monoisotopic (exact) mass is 572 g/mol. The van der Waals surface area contributed by atoms with Crippen LogP contribution in [0.25, 0.3) is 16.8 Å². The summed E-state index contributed by atoms with van der Waals surface area (Å²) in [7, 11) is -3.66. The van der Waals surface area contributed by atoms with Gasteiger partial charge in [-0.2, -0.15) is 0 Å². The van der Waals surface area contributed by atoms with Gasteiger partial charge in [0.15, 0.2) is 0 Å². The third-order valence-corrected chi connectivity index (χ3v) is 10.0. The average Bonchev–Trinajstić information content (AvgIpc) is 3.63. The fraction of sp³-hybridized carbons (Fsp3) is 0.438. The molecule has 1 aliphatic carbocycles. The van der Waals surface area contributed by atoms with Crippen LogP contribution >= 0.6 is 0 Å². The number of nitrogens with one attached hydrogen (secondary N) is 2. The Hall–Kier alpha value is -3.27. The van der Waals surface area contributed by atoms with E-state index in [0.717, 1.165) is 28.5 Å². The molecule has 1 saturated heterocycles. The minimum atomic E-state index is -3.66. The first-order chi connectivity index (χ1) is 19.6. The smallest absolute Gasteiger partial charge is 0.245 e. The summed E-state index contributed by atoms with van der Waals surface area (Å²) in [6.07, 6.45) is 9.64. The maximum absolute atomic E-state index is 12.9. The van der Waals surface area contributed by atoms with E-state index in [2.05, 4.69) is 44.2 Å². The summed E-state index contributed by atoms with van der Waals surface area (Å²) < 4.78 is 30.4. The number of benzene rings is 2. The highest BCUT2D eigenvalue weighted by Gasteiger charge is 2.28. The number of fused-ring (bicyclic) bond motifs is 1. The molecular weight excluding hydrogens is 532 g/mol. The van der Waals surface area contributed by atoms with Crippen molar-refractivity contribution in [1.29, 1.82) is 0 Å². The second kappa shape index (κ2) is 11.2. The standard InChI is InChI=1S/C32H40N6O2S/c1-32(2,3)36-41(39,40)29-8-6-7-25(21-29)30-18-17-28-22-33-31(35-38(28)30)34-26-13-9-23(10-14-26)24-11-15-27(16-12-24)37-19-4-5-20-37/h6-10,13-14,17-18,21-22,24,27,36H,4-5,11-12,15-16,19-20H2,1-3H3,(H,34,35). The molecule has 0 amide bonds. The van der Waals surface area contributed by atoms with E-state index in [1.54, 1.807) is 28.9 Å². The largest absolute Gasteiger partial charge is 0.323 e. The van der Waals surface area contributed by atoms with Crippen LogP contribution in [0, 0.1) is 0 Å². The van der Waals surface area contributed by atoms with Crippen molar-refractivity contribution >= 4 is 27.2 Å². The Labute approximate surface area is 243 Å². The zero-order valence-electron chi connectivity index (χ0n) is 24.2. The number of hydrogen-bond acceptors (Lipinski definition) is 6. The molecule has 8 nitrogen and oxygen atoms in total. The van der Waals surface area contributed by atoms with Gasteiger partial charge >= 0.3 is 0 Å². The summed E-state index contributed by atoms with van der Waals surface area (Å²) in [4.78, 5) is 7.44. The molecule has 0 spiro atoms. The fourth-order valence-electron chi connectivity index (χ4n) is 6.31. The lowest BCUT2D eigenvalue weighted by Gasteiger charge is -2.34. The number of rotatable bonds is 7. The zero-order chi connectivity index (χ0) is 28.6. The Kier molecular flexibility index (Phi) is 7.61. The van der Waals surface area contributed by atoms with E-state index < -0.39 is 15.6 Å². The summed E-state index contributed by atoms with van der Waals surface area (Å²) in [5.74, 6) is 1.11. The first-order valence-corrected chi connectivity index (χ1v) is 16.2. The van der Waals surface area contributed by atoms with E-state index >= 15 is 0 Å². The van der Waals surface area contributed by atoms with Gasteiger partial charge in [-0.3, -0.25) is 0 Å². The third-order valence-electron chi connectivity index (χ3n) is 8.27. The summed E-state index contributed by atoms with van der Waals surface area (Å²) in [5, 5.41) is 8.09. The number of anilines is 2. The van der Waals surface area contributed by atoms with Crippen LogP contribution in [-0.4, -0.2) is 52.6 Å². The molecule has 6 rings (SSSR count). The number of sulfonamides is 1. The van der Waals surface area contributed by atoms with Gasteiger partial charge in [0, 0.05) is 22.8 Å². The quantitative estimate of drug-likeness (QED) is 0.269. The van der Waals surface area contributed by atoms with Crippen molar-refractivity contribution in [2.24, 2.45) is 0 Å². The summed E-state index contributed by atoms with van der Waals surface area (Å²) in [6.45, 7) is 8.06. The first-order valence-electron chi connectivity index (χ1n) is 14.7. The molecular formula is C32H40N6O2S. The summed E-state index contributed by atoms with van der Waals surface area (Å²) >= 11 is 0. The normalized spacial score (nSPS) is 20.5. The van der Waals surface area contributed by atoms with Crippen LogP contribution in [0.3, 0.4) is 0 Å². The van der Waals surface area contributed by atoms with Gasteiger partial charge in [-0.05, 0) is 120 Å². The van der Waals surface area contributed by atoms with Gasteiger partial charge in [-0.25, -0.2) is 22.6 Å². The van der Waals surface area contributed by atoms with Crippen LogP contribution in [-0.2, 0) is 10.0 Å². The van der Waals surface area contributed by atoms with E-state index in [0.29, 0.717) is 11.9 Å². The Morgan fingerprint density at radius 3 is 2.34 bits per heavy atom. The average molecular weight is 573 g/mol. The number of likely N-dealkylation sites (tertiary alicyclic amines) is 1. The fourth-order valence-corrected chi connectivity index (χ4v) is 7.77. The minimum Gasteiger partial charge on any atom is -0.323 e. The molecule has 0 bridgehead atoms. The molecule has 0 radical (unpaired) electrons. The molecule has 216 valence electrons. The SMILES string of the molecule is CC(C)(C)NS(=O)(=O)c1cccc(-c2ccc3cnc(Nc4ccc(C5CCC(N6CCCC6)CC5)cc4)nn23)c1. The van der Waals surface area contributed by atoms with E-state index in [9.17, 15) is 8.42 Å². The van der Waals surface area contributed by atoms with Gasteiger partial charge < -0.3 is 10.2 Å². The summed E-state index contributed by atoms with van der Waals surface area (Å²) in [5.41, 5.74) is 4.15. The molecule has 1 saturated carbocycles. The lowest BCUT2D eigenvalue weighted by Crippen LogP contribution is -2.40. The second-order valence-electron chi connectivity index (χ2n) is 12.5. The Bertz CT molecular complexity index is 1610. The molecule has 2 N–H and O–H groups in total. The first kappa shape index (κ1) is 27.9. The molecule has 2 aliphatic rings. The van der Waals surface area contributed by atoms with E-state index in [4.69, 9.17) is 5.10 Å². The molecule has 1 aliphatic heterocycles. The topological polar surface area (TPSA) is 91.6 Å². The van der Waals surface area contributed by atoms with Crippen LogP contribution in [0.2, 0.25) is 0 Å². The molecule has 0 unspecified atom stereocenters. The van der Waals surface area contributed by atoms with E-state index in [-0.39, 0.29) is 4.90 Å². The van der Waals surface area contributed by atoms with Crippen molar-refractivity contribution < 1.29 is 8.42 Å². The molecule has 9 heteroatoms. The van der Waals surface area contributed by atoms with Crippen LogP contribution in [0.1, 0.15) is 70.8 Å². The van der Waals surface area contributed by atoms with Crippen LogP contribution in [0.15, 0.2) is 71.8 Å². The predicted molar refractivity (Wildman–Crippen MR) is 164 cm³/mol. The van der Waals surface area contributed by atoms with Gasteiger partial charge in [-0.1, -0.05) is 24.3 Å². The number of nitrogens with zero attached hydrogens (tertiary/aromatic N) is 4. The Morgan fingerprint density at radius 2 is 1.63 bits per heavy atom. The van der Waals surface area contributed by atoms with Gasteiger partial charge in [0.25, 0.3) is 0 Å². The highest BCUT2D eigenvalue weighted by molar-refractivity contribution is 7.89. The van der Waals surface area contributed by atoms with Gasteiger partial charge in [0.1, 0.15) is 0 Å². The van der Waals surface area contributed by atoms with Crippen molar-refractivity contribution in [3.63, 3.8) is 0 Å². The Morgan fingerprint density at radius 1 is 0.902 bits per heavy atom. The maximum Gasteiger partial charge on any atom is 0.245 e. The van der Waals surface area contributed by atoms with Crippen molar-refractivity contribution in [3.05, 3.63) is 72.4 Å². The van der Waals surface area contributed by atoms with Crippen molar-refractivity contribution in [3.8, 4) is 11.3 Å². The van der Waals surface area contributed by atoms with Crippen LogP contribution in [0.5, 0.6) is 0 Å².